The van der Waals surface area contributed by atoms with Gasteiger partial charge in [-0.3, -0.25) is 0 Å². The van der Waals surface area contributed by atoms with Gasteiger partial charge in [-0.2, -0.15) is 0 Å². The van der Waals surface area contributed by atoms with Gasteiger partial charge >= 0.3 is 0 Å². The molecular weight excluding hydrogens is 284 g/mol. The van der Waals surface area contributed by atoms with Crippen LogP contribution in [0.1, 0.15) is 13.3 Å². The third-order valence-corrected chi connectivity index (χ3v) is 4.38. The van der Waals surface area contributed by atoms with Gasteiger partial charge in [0.15, 0.2) is 5.13 Å². The molecular formula is C16H20N2O2S. The molecule has 2 unspecified atom stereocenters. The lowest BCUT2D eigenvalue weighted by molar-refractivity contribution is 0.0395. The van der Waals surface area contributed by atoms with Crippen molar-refractivity contribution in [2.24, 2.45) is 0 Å². The van der Waals surface area contributed by atoms with Gasteiger partial charge in [0, 0.05) is 18.8 Å². The summed E-state index contributed by atoms with van der Waals surface area (Å²) in [6, 6.07) is 10.6. The first-order chi connectivity index (χ1) is 10.3. The molecule has 2 atom stereocenters. The van der Waals surface area contributed by atoms with Gasteiger partial charge in [0.2, 0.25) is 0 Å². The molecule has 0 aliphatic carbocycles. The van der Waals surface area contributed by atoms with Crippen molar-refractivity contribution >= 4 is 16.5 Å². The maximum absolute atomic E-state index is 5.82. The average molecular weight is 304 g/mol. The quantitative estimate of drug-likeness (QED) is 0.888. The molecule has 1 N–H and O–H groups in total. The first-order valence-electron chi connectivity index (χ1n) is 7.28. The Bertz CT molecular complexity index is 552. The second-order valence-electron chi connectivity index (χ2n) is 5.26. The maximum Gasteiger partial charge on any atom is 0.183 e. The summed E-state index contributed by atoms with van der Waals surface area (Å²) in [4.78, 5) is 5.62. The van der Waals surface area contributed by atoms with Gasteiger partial charge in [-0.25, -0.2) is 4.98 Å². The second-order valence-corrected chi connectivity index (χ2v) is 6.29. The molecule has 4 nitrogen and oxygen atoms in total. The highest BCUT2D eigenvalue weighted by Crippen LogP contribution is 2.28. The Hall–Kier alpha value is -1.43. The van der Waals surface area contributed by atoms with Crippen molar-refractivity contribution < 1.29 is 9.47 Å². The van der Waals surface area contributed by atoms with E-state index in [0.717, 1.165) is 24.8 Å². The van der Waals surface area contributed by atoms with E-state index >= 15 is 0 Å². The van der Waals surface area contributed by atoms with E-state index < -0.39 is 0 Å². The number of anilines is 1. The lowest BCUT2D eigenvalue weighted by Gasteiger charge is -2.16. The minimum absolute atomic E-state index is 0.236. The Morgan fingerprint density at radius 1 is 1.43 bits per heavy atom. The molecule has 0 saturated carbocycles. The van der Waals surface area contributed by atoms with Crippen LogP contribution in [-0.4, -0.2) is 37.0 Å². The zero-order valence-corrected chi connectivity index (χ0v) is 12.9. The van der Waals surface area contributed by atoms with Gasteiger partial charge in [0.05, 0.1) is 24.2 Å². The standard InChI is InChI=1S/C16H20N2O2S/c1-12(10-20-14-7-8-19-11-14)18-16-17-9-15(21-16)13-5-3-2-4-6-13/h2-6,9,12,14H,7-8,10-11H2,1H3,(H,17,18). The highest BCUT2D eigenvalue weighted by Gasteiger charge is 2.17. The molecule has 5 heteroatoms. The van der Waals surface area contributed by atoms with Gasteiger partial charge in [-0.1, -0.05) is 41.7 Å². The molecule has 0 amide bonds. The Balaban J connectivity index is 1.52. The predicted molar refractivity (Wildman–Crippen MR) is 85.8 cm³/mol. The molecule has 1 fully saturated rings. The van der Waals surface area contributed by atoms with Gasteiger partial charge in [0.25, 0.3) is 0 Å². The summed E-state index contributed by atoms with van der Waals surface area (Å²) >= 11 is 1.67. The van der Waals surface area contributed by atoms with Gasteiger partial charge in [0.1, 0.15) is 0 Å². The van der Waals surface area contributed by atoms with E-state index in [9.17, 15) is 0 Å². The van der Waals surface area contributed by atoms with Crippen LogP contribution in [0.4, 0.5) is 5.13 Å². The Morgan fingerprint density at radius 3 is 3.05 bits per heavy atom. The van der Waals surface area contributed by atoms with Crippen molar-refractivity contribution in [2.45, 2.75) is 25.5 Å². The second kappa shape index (κ2) is 7.02. The smallest absolute Gasteiger partial charge is 0.183 e. The first kappa shape index (κ1) is 14.5. The van der Waals surface area contributed by atoms with Crippen LogP contribution >= 0.6 is 11.3 Å². The van der Waals surface area contributed by atoms with Crippen LogP contribution in [0.15, 0.2) is 36.5 Å². The molecule has 1 aromatic carbocycles. The lowest BCUT2D eigenvalue weighted by Crippen LogP contribution is -2.25. The molecule has 3 rings (SSSR count). The topological polar surface area (TPSA) is 43.4 Å². The molecule has 2 heterocycles. The molecule has 1 aliphatic heterocycles. The van der Waals surface area contributed by atoms with Crippen LogP contribution in [0.2, 0.25) is 0 Å². The number of hydrogen-bond acceptors (Lipinski definition) is 5. The van der Waals surface area contributed by atoms with Crippen molar-refractivity contribution in [3.05, 3.63) is 36.5 Å². The fraction of sp³-hybridized carbons (Fsp3) is 0.438. The van der Waals surface area contributed by atoms with Crippen LogP contribution in [0, 0.1) is 0 Å². The third-order valence-electron chi connectivity index (χ3n) is 3.40. The van der Waals surface area contributed by atoms with Crippen LogP contribution in [0.5, 0.6) is 0 Å². The van der Waals surface area contributed by atoms with Crippen molar-refractivity contribution in [2.75, 3.05) is 25.1 Å². The molecule has 21 heavy (non-hydrogen) atoms. The molecule has 0 radical (unpaired) electrons. The molecule has 1 saturated heterocycles. The van der Waals surface area contributed by atoms with Gasteiger partial charge in [-0.15, -0.1) is 0 Å². The van der Waals surface area contributed by atoms with Crippen molar-refractivity contribution in [1.29, 1.82) is 0 Å². The Kier molecular flexibility index (Phi) is 4.85. The molecule has 0 spiro atoms. The average Bonchev–Trinajstić information content (AvgIpc) is 3.17. The number of rotatable bonds is 6. The number of aromatic nitrogens is 1. The van der Waals surface area contributed by atoms with Gasteiger partial charge < -0.3 is 14.8 Å². The van der Waals surface area contributed by atoms with E-state index in [1.54, 1.807) is 11.3 Å². The summed E-state index contributed by atoms with van der Waals surface area (Å²) in [5.74, 6) is 0. The minimum Gasteiger partial charge on any atom is -0.379 e. The van der Waals surface area contributed by atoms with E-state index in [-0.39, 0.29) is 12.1 Å². The summed E-state index contributed by atoms with van der Waals surface area (Å²) in [5, 5.41) is 4.34. The van der Waals surface area contributed by atoms with E-state index in [0.29, 0.717) is 6.61 Å². The van der Waals surface area contributed by atoms with Crippen LogP contribution in [-0.2, 0) is 9.47 Å². The summed E-state index contributed by atoms with van der Waals surface area (Å²) in [6.45, 7) is 4.33. The first-order valence-corrected chi connectivity index (χ1v) is 8.10. The van der Waals surface area contributed by atoms with E-state index in [1.807, 2.05) is 24.4 Å². The molecule has 112 valence electrons. The van der Waals surface area contributed by atoms with Crippen molar-refractivity contribution in [3.63, 3.8) is 0 Å². The molecule has 1 aliphatic rings. The number of benzene rings is 1. The van der Waals surface area contributed by atoms with Crippen molar-refractivity contribution in [3.8, 4) is 10.4 Å². The number of nitrogens with zero attached hydrogens (tertiary/aromatic N) is 1. The summed E-state index contributed by atoms with van der Waals surface area (Å²) in [5.41, 5.74) is 1.20. The SMILES string of the molecule is CC(COC1CCOC1)Nc1ncc(-c2ccccc2)s1. The zero-order chi connectivity index (χ0) is 14.5. The van der Waals surface area contributed by atoms with Crippen LogP contribution in [0.25, 0.3) is 10.4 Å². The molecule has 1 aromatic heterocycles. The van der Waals surface area contributed by atoms with Gasteiger partial charge in [-0.05, 0) is 18.9 Å². The molecule has 2 aromatic rings. The van der Waals surface area contributed by atoms with E-state index in [2.05, 4.69) is 29.4 Å². The van der Waals surface area contributed by atoms with E-state index in [4.69, 9.17) is 9.47 Å². The number of nitrogens with one attached hydrogen (secondary N) is 1. The highest BCUT2D eigenvalue weighted by molar-refractivity contribution is 7.18. The largest absolute Gasteiger partial charge is 0.379 e. The van der Waals surface area contributed by atoms with Crippen LogP contribution in [0.3, 0.4) is 0 Å². The Labute approximate surface area is 129 Å². The minimum atomic E-state index is 0.236. The normalized spacial score (nSPS) is 19.6. The van der Waals surface area contributed by atoms with E-state index in [1.165, 1.54) is 10.4 Å². The fourth-order valence-corrected chi connectivity index (χ4v) is 3.19. The number of thiazole rings is 1. The zero-order valence-electron chi connectivity index (χ0n) is 12.1. The molecule has 0 bridgehead atoms. The lowest BCUT2D eigenvalue weighted by atomic mass is 10.2. The third kappa shape index (κ3) is 4.03. The van der Waals surface area contributed by atoms with Crippen LogP contribution < -0.4 is 5.32 Å². The predicted octanol–water partition coefficient (Wildman–Crippen LogP) is 3.42. The fourth-order valence-electron chi connectivity index (χ4n) is 2.25. The summed E-state index contributed by atoms with van der Waals surface area (Å²) in [7, 11) is 0. The number of ether oxygens (including phenoxy) is 2. The Morgan fingerprint density at radius 2 is 2.29 bits per heavy atom. The summed E-state index contributed by atoms with van der Waals surface area (Å²) in [6.07, 6.45) is 3.17. The monoisotopic (exact) mass is 304 g/mol. The van der Waals surface area contributed by atoms with Crippen molar-refractivity contribution in [1.82, 2.24) is 4.98 Å². The number of hydrogen-bond donors (Lipinski definition) is 1. The maximum atomic E-state index is 5.82. The highest BCUT2D eigenvalue weighted by atomic mass is 32.1. The summed E-state index contributed by atoms with van der Waals surface area (Å²) < 4.78 is 11.1.